The lowest BCUT2D eigenvalue weighted by Crippen LogP contribution is -2.50. The van der Waals surface area contributed by atoms with E-state index in [1.54, 1.807) is 41.4 Å². The molecule has 1 saturated heterocycles. The molecule has 3 aromatic rings. The number of fused-ring (bicyclic) bond motifs is 4. The summed E-state index contributed by atoms with van der Waals surface area (Å²) in [7, 11) is 0. The van der Waals surface area contributed by atoms with Crippen LogP contribution < -0.4 is 4.74 Å². The zero-order valence-electron chi connectivity index (χ0n) is 16.8. The molecule has 0 atom stereocenters. The number of hydrogen-bond acceptors (Lipinski definition) is 3. The monoisotopic (exact) mass is 427 g/mol. The van der Waals surface area contributed by atoms with Gasteiger partial charge in [-0.2, -0.15) is 13.2 Å². The Kier molecular flexibility index (Phi) is 4.35. The van der Waals surface area contributed by atoms with Gasteiger partial charge in [-0.15, -0.1) is 0 Å². The van der Waals surface area contributed by atoms with Gasteiger partial charge in [0.25, 0.3) is 5.91 Å². The van der Waals surface area contributed by atoms with Crippen LogP contribution in [0.4, 0.5) is 13.2 Å². The third kappa shape index (κ3) is 3.17. The van der Waals surface area contributed by atoms with Crippen LogP contribution in [0.15, 0.2) is 54.7 Å². The normalized spacial score (nSPS) is 17.1. The summed E-state index contributed by atoms with van der Waals surface area (Å²) in [4.78, 5) is 18.7. The fourth-order valence-electron chi connectivity index (χ4n) is 4.45. The van der Waals surface area contributed by atoms with E-state index in [2.05, 4.69) is 4.98 Å². The minimum atomic E-state index is -4.49. The highest BCUT2D eigenvalue weighted by molar-refractivity contribution is 5.92. The number of piperidine rings is 1. The molecule has 0 aliphatic carbocycles. The fraction of sp³-hybridized carbons (Fsp3) is 0.304. The van der Waals surface area contributed by atoms with Gasteiger partial charge >= 0.3 is 6.18 Å². The maximum atomic E-state index is 13.7. The van der Waals surface area contributed by atoms with Crippen LogP contribution in [0.3, 0.4) is 0 Å². The van der Waals surface area contributed by atoms with Gasteiger partial charge in [-0.1, -0.05) is 18.2 Å². The molecule has 1 aromatic carbocycles. The number of benzene rings is 1. The maximum absolute atomic E-state index is 13.7. The Labute approximate surface area is 177 Å². The van der Waals surface area contributed by atoms with Crippen LogP contribution in [0.25, 0.3) is 5.69 Å². The van der Waals surface area contributed by atoms with Crippen molar-refractivity contribution in [2.75, 3.05) is 13.1 Å². The molecule has 0 radical (unpaired) electrons. The lowest BCUT2D eigenvalue weighted by Gasteiger charge is -2.45. The molecule has 0 unspecified atom stereocenters. The molecule has 5 rings (SSSR count). The standard InChI is InChI=1S/C23H20F3N3O2/c1-15-6-7-16(27-14-15)21(30)28-12-10-22(11-13-28)19-8-9-20(23(24,25)26)29(19)17-4-2-3-5-18(17)31-22/h2-9,14H,10-13H2,1H3. The first-order chi connectivity index (χ1) is 14.8. The molecule has 5 nitrogen and oxygen atoms in total. The van der Waals surface area contributed by atoms with E-state index in [4.69, 9.17) is 4.74 Å². The molecule has 1 amide bonds. The maximum Gasteiger partial charge on any atom is 0.431 e. The highest BCUT2D eigenvalue weighted by Crippen LogP contribution is 2.48. The van der Waals surface area contributed by atoms with Crippen molar-refractivity contribution < 1.29 is 22.7 Å². The Bertz CT molecular complexity index is 1140. The number of likely N-dealkylation sites (tertiary alicyclic amines) is 1. The average Bonchev–Trinajstić information content (AvgIpc) is 3.22. The number of rotatable bonds is 1. The van der Waals surface area contributed by atoms with Gasteiger partial charge in [-0.25, -0.2) is 0 Å². The molecule has 31 heavy (non-hydrogen) atoms. The minimum Gasteiger partial charge on any atom is -0.479 e. The summed E-state index contributed by atoms with van der Waals surface area (Å²) in [5, 5.41) is 0. The first-order valence-electron chi connectivity index (χ1n) is 10.1. The minimum absolute atomic E-state index is 0.183. The molecule has 2 aliphatic heterocycles. The smallest absolute Gasteiger partial charge is 0.431 e. The number of nitrogens with zero attached hydrogens (tertiary/aromatic N) is 3. The van der Waals surface area contributed by atoms with E-state index in [0.717, 1.165) is 11.6 Å². The van der Waals surface area contributed by atoms with E-state index in [0.29, 0.717) is 48.8 Å². The lowest BCUT2D eigenvalue weighted by atomic mass is 9.86. The number of halogens is 3. The Morgan fingerprint density at radius 2 is 1.81 bits per heavy atom. The second-order valence-electron chi connectivity index (χ2n) is 8.01. The summed E-state index contributed by atoms with van der Waals surface area (Å²) in [5.74, 6) is 0.231. The van der Waals surface area contributed by atoms with Gasteiger partial charge in [0, 0.05) is 32.1 Å². The van der Waals surface area contributed by atoms with Crippen molar-refractivity contribution >= 4 is 5.91 Å². The molecule has 8 heteroatoms. The SMILES string of the molecule is Cc1ccc(C(=O)N2CCC3(CC2)Oc2ccccc2-n2c(C(F)(F)F)ccc23)nc1. The van der Waals surface area contributed by atoms with Crippen molar-refractivity contribution in [2.24, 2.45) is 0 Å². The summed E-state index contributed by atoms with van der Waals surface area (Å²) < 4.78 is 48.7. The number of alkyl halides is 3. The Morgan fingerprint density at radius 1 is 1.06 bits per heavy atom. The second kappa shape index (κ2) is 6.87. The van der Waals surface area contributed by atoms with Crippen LogP contribution >= 0.6 is 0 Å². The molecule has 1 fully saturated rings. The highest BCUT2D eigenvalue weighted by atomic mass is 19.4. The van der Waals surface area contributed by atoms with Crippen molar-refractivity contribution in [2.45, 2.75) is 31.5 Å². The molecule has 2 aromatic heterocycles. The zero-order chi connectivity index (χ0) is 21.8. The van der Waals surface area contributed by atoms with Gasteiger partial charge in [0.2, 0.25) is 0 Å². The largest absolute Gasteiger partial charge is 0.479 e. The van der Waals surface area contributed by atoms with Crippen LogP contribution in [0.1, 0.15) is 40.3 Å². The van der Waals surface area contributed by atoms with Crippen LogP contribution in [0.5, 0.6) is 5.75 Å². The van der Waals surface area contributed by atoms with Gasteiger partial charge in [0.05, 0.1) is 11.4 Å². The molecule has 0 N–H and O–H groups in total. The van der Waals surface area contributed by atoms with Gasteiger partial charge in [-0.3, -0.25) is 9.78 Å². The van der Waals surface area contributed by atoms with Crippen LogP contribution in [-0.2, 0) is 11.8 Å². The third-order valence-corrected chi connectivity index (χ3v) is 6.04. The van der Waals surface area contributed by atoms with Crippen molar-refractivity contribution in [3.05, 3.63) is 77.4 Å². The van der Waals surface area contributed by atoms with E-state index in [1.807, 2.05) is 13.0 Å². The van der Waals surface area contributed by atoms with Gasteiger partial charge in [-0.05, 0) is 42.8 Å². The number of carbonyl (C=O) groups is 1. The summed E-state index contributed by atoms with van der Waals surface area (Å²) >= 11 is 0. The predicted octanol–water partition coefficient (Wildman–Crippen LogP) is 4.72. The second-order valence-corrected chi connectivity index (χ2v) is 8.01. The number of carbonyl (C=O) groups excluding carboxylic acids is 1. The molecular formula is C23H20F3N3O2. The zero-order valence-corrected chi connectivity index (χ0v) is 16.8. The topological polar surface area (TPSA) is 47.4 Å². The molecule has 1 spiro atoms. The predicted molar refractivity (Wildman–Crippen MR) is 107 cm³/mol. The molecule has 4 heterocycles. The van der Waals surface area contributed by atoms with Crippen molar-refractivity contribution in [3.63, 3.8) is 0 Å². The summed E-state index contributed by atoms with van der Waals surface area (Å²) in [6.07, 6.45) is -2.07. The van der Waals surface area contributed by atoms with Crippen LogP contribution in [-0.4, -0.2) is 33.4 Å². The number of hydrogen-bond donors (Lipinski definition) is 0. The van der Waals surface area contributed by atoms with E-state index in [9.17, 15) is 18.0 Å². The number of para-hydroxylation sites is 2. The van der Waals surface area contributed by atoms with E-state index in [1.165, 1.54) is 10.6 Å². The van der Waals surface area contributed by atoms with Gasteiger partial charge < -0.3 is 14.2 Å². The Hall–Kier alpha value is -3.29. The lowest BCUT2D eigenvalue weighted by molar-refractivity contribution is -0.143. The number of ether oxygens (including phenoxy) is 1. The summed E-state index contributed by atoms with van der Waals surface area (Å²) in [5.41, 5.74) is 0.528. The van der Waals surface area contributed by atoms with E-state index < -0.39 is 17.5 Å². The first kappa shape index (κ1) is 19.7. The van der Waals surface area contributed by atoms with Crippen molar-refractivity contribution in [1.82, 2.24) is 14.5 Å². The highest BCUT2D eigenvalue weighted by Gasteiger charge is 2.48. The molecule has 0 bridgehead atoms. The van der Waals surface area contributed by atoms with Gasteiger partial charge in [0.1, 0.15) is 17.1 Å². The molecular weight excluding hydrogens is 407 g/mol. The molecule has 0 saturated carbocycles. The third-order valence-electron chi connectivity index (χ3n) is 6.04. The van der Waals surface area contributed by atoms with E-state index in [-0.39, 0.29) is 5.91 Å². The molecule has 160 valence electrons. The number of aryl methyl sites for hydroxylation is 1. The summed E-state index contributed by atoms with van der Waals surface area (Å²) in [6.45, 7) is 2.63. The quantitative estimate of drug-likeness (QED) is 0.565. The Morgan fingerprint density at radius 3 is 2.48 bits per heavy atom. The van der Waals surface area contributed by atoms with Crippen LogP contribution in [0, 0.1) is 6.92 Å². The number of aromatic nitrogens is 2. The van der Waals surface area contributed by atoms with Crippen LogP contribution in [0.2, 0.25) is 0 Å². The first-order valence-corrected chi connectivity index (χ1v) is 10.1. The Balaban J connectivity index is 1.48. The number of amides is 1. The van der Waals surface area contributed by atoms with Crippen molar-refractivity contribution in [3.8, 4) is 11.4 Å². The molecule has 2 aliphatic rings. The van der Waals surface area contributed by atoms with Gasteiger partial charge in [0.15, 0.2) is 5.60 Å². The van der Waals surface area contributed by atoms with Crippen molar-refractivity contribution in [1.29, 1.82) is 0 Å². The average molecular weight is 427 g/mol. The summed E-state index contributed by atoms with van der Waals surface area (Å²) in [6, 6.07) is 12.9. The van der Waals surface area contributed by atoms with E-state index >= 15 is 0 Å². The number of pyridine rings is 1. The fourth-order valence-corrected chi connectivity index (χ4v) is 4.45.